The van der Waals surface area contributed by atoms with E-state index in [1.165, 1.54) is 0 Å². The molecule has 7 nitrogen and oxygen atoms in total. The van der Waals surface area contributed by atoms with Gasteiger partial charge in [-0.3, -0.25) is 10.1 Å². The molecule has 1 aromatic heterocycles. The molecule has 3 amide bonds. The maximum atomic E-state index is 12.0. The van der Waals surface area contributed by atoms with Crippen molar-refractivity contribution in [1.29, 1.82) is 0 Å². The Labute approximate surface area is 125 Å². The van der Waals surface area contributed by atoms with Crippen molar-refractivity contribution in [2.24, 2.45) is 0 Å². The molecule has 0 atom stereocenters. The number of aromatic amines is 1. The molecule has 7 heteroatoms. The summed E-state index contributed by atoms with van der Waals surface area (Å²) in [5.41, 5.74) is 8.38. The highest BCUT2D eigenvalue weighted by Gasteiger charge is 2.12. The number of carbonyl (C=O) groups excluding carboxylic acids is 2. The summed E-state index contributed by atoms with van der Waals surface area (Å²) in [6.07, 6.45) is 1.57. The third-order valence-electron chi connectivity index (χ3n) is 3.11. The number of anilines is 2. The Bertz CT molecular complexity index is 856. The predicted octanol–water partition coefficient (Wildman–Crippen LogP) is 2.11. The molecule has 3 aromatic rings. The molecule has 5 N–H and O–H groups in total. The molecule has 2 aromatic carbocycles. The van der Waals surface area contributed by atoms with Crippen LogP contribution in [0, 0.1) is 0 Å². The minimum atomic E-state index is -0.632. The van der Waals surface area contributed by atoms with Crippen molar-refractivity contribution in [1.82, 2.24) is 15.3 Å². The number of nitrogens with two attached hydrogens (primary N) is 1. The van der Waals surface area contributed by atoms with Crippen LogP contribution in [-0.2, 0) is 0 Å². The molecule has 0 aliphatic rings. The molecule has 0 spiro atoms. The number of imide groups is 1. The summed E-state index contributed by atoms with van der Waals surface area (Å²) in [5.74, 6) is -0.557. The Morgan fingerprint density at radius 1 is 1.14 bits per heavy atom. The lowest BCUT2D eigenvalue weighted by molar-refractivity contribution is 0.0968. The summed E-state index contributed by atoms with van der Waals surface area (Å²) in [6.45, 7) is 0. The standard InChI is InChI=1S/C15H13N5O2/c16-11-4-2-1-3-10(11)14(21)20-15(22)19-9-5-6-12-13(7-9)18-8-17-12/h1-8H,16H2,(H,17,18)(H2,19,20,21,22). The molecule has 1 heterocycles. The van der Waals surface area contributed by atoms with Gasteiger partial charge in [0.1, 0.15) is 0 Å². The minimum Gasteiger partial charge on any atom is -0.398 e. The minimum absolute atomic E-state index is 0.252. The molecule has 0 aliphatic carbocycles. The summed E-state index contributed by atoms with van der Waals surface area (Å²) in [4.78, 5) is 30.9. The zero-order valence-corrected chi connectivity index (χ0v) is 11.5. The van der Waals surface area contributed by atoms with Gasteiger partial charge in [0, 0.05) is 11.4 Å². The summed E-state index contributed by atoms with van der Waals surface area (Å²) < 4.78 is 0. The Balaban J connectivity index is 1.69. The van der Waals surface area contributed by atoms with Gasteiger partial charge >= 0.3 is 6.03 Å². The number of hydrogen-bond acceptors (Lipinski definition) is 4. The monoisotopic (exact) mass is 295 g/mol. The third-order valence-corrected chi connectivity index (χ3v) is 3.11. The fraction of sp³-hybridized carbons (Fsp3) is 0. The van der Waals surface area contributed by atoms with E-state index in [1.54, 1.807) is 48.8 Å². The summed E-state index contributed by atoms with van der Waals surface area (Å²) in [5, 5.41) is 4.82. The molecular weight excluding hydrogens is 282 g/mol. The van der Waals surface area contributed by atoms with Crippen LogP contribution in [0.25, 0.3) is 11.0 Å². The number of amides is 3. The van der Waals surface area contributed by atoms with E-state index in [1.807, 2.05) is 0 Å². The Morgan fingerprint density at radius 3 is 2.77 bits per heavy atom. The maximum Gasteiger partial charge on any atom is 0.326 e. The van der Waals surface area contributed by atoms with Crippen molar-refractivity contribution in [3.63, 3.8) is 0 Å². The van der Waals surface area contributed by atoms with Gasteiger partial charge in [0.25, 0.3) is 5.91 Å². The second-order valence-electron chi connectivity index (χ2n) is 4.63. The number of hydrogen-bond donors (Lipinski definition) is 4. The van der Waals surface area contributed by atoms with E-state index in [-0.39, 0.29) is 5.56 Å². The average molecular weight is 295 g/mol. The van der Waals surface area contributed by atoms with Gasteiger partial charge < -0.3 is 16.0 Å². The predicted molar refractivity (Wildman–Crippen MR) is 83.4 cm³/mol. The highest BCUT2D eigenvalue weighted by atomic mass is 16.2. The van der Waals surface area contributed by atoms with E-state index < -0.39 is 11.9 Å². The smallest absolute Gasteiger partial charge is 0.326 e. The molecule has 110 valence electrons. The van der Waals surface area contributed by atoms with Crippen molar-refractivity contribution in [2.75, 3.05) is 11.1 Å². The highest BCUT2D eigenvalue weighted by Crippen LogP contribution is 2.15. The average Bonchev–Trinajstić information content (AvgIpc) is 2.95. The van der Waals surface area contributed by atoms with E-state index in [9.17, 15) is 9.59 Å². The number of benzene rings is 2. The Hall–Kier alpha value is -3.35. The number of nitrogen functional groups attached to an aromatic ring is 1. The van der Waals surface area contributed by atoms with Gasteiger partial charge in [-0.1, -0.05) is 12.1 Å². The summed E-state index contributed by atoms with van der Waals surface area (Å²) in [7, 11) is 0. The molecule has 0 saturated carbocycles. The SMILES string of the molecule is Nc1ccccc1C(=O)NC(=O)Nc1ccc2nc[nH]c2c1. The lowest BCUT2D eigenvalue weighted by Gasteiger charge is -2.08. The van der Waals surface area contributed by atoms with E-state index in [0.717, 1.165) is 11.0 Å². The zero-order valence-electron chi connectivity index (χ0n) is 11.5. The molecule has 0 bridgehead atoms. The van der Waals surface area contributed by atoms with Gasteiger partial charge in [0.2, 0.25) is 0 Å². The molecule has 0 unspecified atom stereocenters. The van der Waals surface area contributed by atoms with Crippen molar-refractivity contribution in [2.45, 2.75) is 0 Å². The third kappa shape index (κ3) is 2.73. The van der Waals surface area contributed by atoms with Gasteiger partial charge in [-0.05, 0) is 30.3 Å². The first-order valence-corrected chi connectivity index (χ1v) is 6.53. The van der Waals surface area contributed by atoms with Gasteiger partial charge in [-0.2, -0.15) is 0 Å². The van der Waals surface area contributed by atoms with E-state index in [2.05, 4.69) is 20.6 Å². The number of H-pyrrole nitrogens is 1. The number of nitrogens with one attached hydrogen (secondary N) is 3. The van der Waals surface area contributed by atoms with Crippen LogP contribution < -0.4 is 16.4 Å². The lowest BCUT2D eigenvalue weighted by Crippen LogP contribution is -2.34. The van der Waals surface area contributed by atoms with E-state index >= 15 is 0 Å². The van der Waals surface area contributed by atoms with Crippen LogP contribution >= 0.6 is 0 Å². The molecule has 0 aliphatic heterocycles. The van der Waals surface area contributed by atoms with Crippen molar-refractivity contribution < 1.29 is 9.59 Å². The summed E-state index contributed by atoms with van der Waals surface area (Å²) >= 11 is 0. The molecular formula is C15H13N5O2. The van der Waals surface area contributed by atoms with E-state index in [0.29, 0.717) is 11.4 Å². The second kappa shape index (κ2) is 5.57. The van der Waals surface area contributed by atoms with Crippen molar-refractivity contribution in [3.05, 3.63) is 54.4 Å². The normalized spacial score (nSPS) is 10.4. The number of para-hydroxylation sites is 1. The first-order valence-electron chi connectivity index (χ1n) is 6.53. The number of nitrogens with zero attached hydrogens (tertiary/aromatic N) is 1. The number of rotatable bonds is 2. The van der Waals surface area contributed by atoms with Gasteiger partial charge in [-0.25, -0.2) is 9.78 Å². The van der Waals surface area contributed by atoms with Crippen LogP contribution in [0.4, 0.5) is 16.2 Å². The van der Waals surface area contributed by atoms with Crippen LogP contribution in [0.5, 0.6) is 0 Å². The van der Waals surface area contributed by atoms with Crippen LogP contribution in [0.3, 0.4) is 0 Å². The largest absolute Gasteiger partial charge is 0.398 e. The maximum absolute atomic E-state index is 12.0. The molecule has 0 fully saturated rings. The molecule has 0 radical (unpaired) electrons. The number of fused-ring (bicyclic) bond motifs is 1. The van der Waals surface area contributed by atoms with Crippen LogP contribution in [0.2, 0.25) is 0 Å². The quantitative estimate of drug-likeness (QED) is 0.542. The first-order chi connectivity index (χ1) is 10.6. The molecule has 22 heavy (non-hydrogen) atoms. The van der Waals surface area contributed by atoms with Gasteiger partial charge in [0.05, 0.1) is 22.9 Å². The van der Waals surface area contributed by atoms with E-state index in [4.69, 9.17) is 5.73 Å². The topological polar surface area (TPSA) is 113 Å². The number of urea groups is 1. The number of carbonyl (C=O) groups is 2. The van der Waals surface area contributed by atoms with Crippen LogP contribution in [0.15, 0.2) is 48.8 Å². The van der Waals surface area contributed by atoms with Crippen molar-refractivity contribution in [3.8, 4) is 0 Å². The van der Waals surface area contributed by atoms with Crippen molar-refractivity contribution >= 4 is 34.3 Å². The number of aromatic nitrogens is 2. The van der Waals surface area contributed by atoms with Crippen LogP contribution in [-0.4, -0.2) is 21.9 Å². The second-order valence-corrected chi connectivity index (χ2v) is 4.63. The summed E-state index contributed by atoms with van der Waals surface area (Å²) in [6, 6.07) is 11.1. The first kappa shape index (κ1) is 13.6. The molecule has 3 rings (SSSR count). The fourth-order valence-electron chi connectivity index (χ4n) is 2.05. The molecule has 0 saturated heterocycles. The van der Waals surface area contributed by atoms with Gasteiger partial charge in [-0.15, -0.1) is 0 Å². The number of imidazole rings is 1. The Kier molecular flexibility index (Phi) is 3.45. The lowest BCUT2D eigenvalue weighted by atomic mass is 10.2. The van der Waals surface area contributed by atoms with Crippen LogP contribution in [0.1, 0.15) is 10.4 Å². The zero-order chi connectivity index (χ0) is 15.5. The van der Waals surface area contributed by atoms with Gasteiger partial charge in [0.15, 0.2) is 0 Å². The highest BCUT2D eigenvalue weighted by molar-refractivity contribution is 6.10. The fourth-order valence-corrected chi connectivity index (χ4v) is 2.05. The Morgan fingerprint density at radius 2 is 1.95 bits per heavy atom.